The van der Waals surface area contributed by atoms with Gasteiger partial charge in [-0.1, -0.05) is 30.3 Å². The maximum absolute atomic E-state index is 13.4. The Morgan fingerprint density at radius 2 is 1.71 bits per heavy atom. The molecular formula is C24H23BrN2O3S. The van der Waals surface area contributed by atoms with Gasteiger partial charge in [-0.3, -0.25) is 4.79 Å². The summed E-state index contributed by atoms with van der Waals surface area (Å²) in [6, 6.07) is 17.8. The lowest BCUT2D eigenvalue weighted by molar-refractivity contribution is 0.0775. The Balaban J connectivity index is 1.72. The average molecular weight is 499 g/mol. The SMILES string of the molecule is COc1cc(Cn2c(C(=O)N(C)Cc3ccccc3)cc3scc(Br)c32)cc(OC)c1. The van der Waals surface area contributed by atoms with E-state index < -0.39 is 0 Å². The van der Waals surface area contributed by atoms with Crippen LogP contribution in [-0.4, -0.2) is 36.6 Å². The van der Waals surface area contributed by atoms with E-state index in [0.29, 0.717) is 18.8 Å². The number of benzene rings is 2. The molecule has 1 amide bonds. The molecule has 0 saturated carbocycles. The Morgan fingerprint density at radius 3 is 2.35 bits per heavy atom. The van der Waals surface area contributed by atoms with E-state index in [1.54, 1.807) is 30.5 Å². The molecule has 2 aromatic heterocycles. The highest BCUT2D eigenvalue weighted by Crippen LogP contribution is 2.35. The predicted octanol–water partition coefficient (Wildman–Crippen LogP) is 5.80. The van der Waals surface area contributed by atoms with Crippen LogP contribution in [0.2, 0.25) is 0 Å². The lowest BCUT2D eigenvalue weighted by Gasteiger charge is -2.19. The Morgan fingerprint density at radius 1 is 1.03 bits per heavy atom. The van der Waals surface area contributed by atoms with E-state index in [0.717, 1.165) is 37.3 Å². The molecule has 0 spiro atoms. The van der Waals surface area contributed by atoms with Crippen molar-refractivity contribution in [3.8, 4) is 11.5 Å². The summed E-state index contributed by atoms with van der Waals surface area (Å²) >= 11 is 5.28. The predicted molar refractivity (Wildman–Crippen MR) is 128 cm³/mol. The van der Waals surface area contributed by atoms with Crippen LogP contribution >= 0.6 is 27.3 Å². The maximum atomic E-state index is 13.4. The minimum atomic E-state index is -0.0194. The molecule has 0 unspecified atom stereocenters. The summed E-state index contributed by atoms with van der Waals surface area (Å²) in [5.41, 5.74) is 3.76. The molecular weight excluding hydrogens is 476 g/mol. The normalized spacial score (nSPS) is 11.0. The molecule has 0 fully saturated rings. The lowest BCUT2D eigenvalue weighted by atomic mass is 10.2. The summed E-state index contributed by atoms with van der Waals surface area (Å²) < 4.78 is 15.0. The van der Waals surface area contributed by atoms with Gasteiger partial charge in [0.25, 0.3) is 5.91 Å². The zero-order chi connectivity index (χ0) is 22.0. The van der Waals surface area contributed by atoms with E-state index in [4.69, 9.17) is 9.47 Å². The van der Waals surface area contributed by atoms with E-state index in [1.165, 1.54) is 0 Å². The van der Waals surface area contributed by atoms with E-state index in [1.807, 2.05) is 61.6 Å². The summed E-state index contributed by atoms with van der Waals surface area (Å²) in [4.78, 5) is 15.2. The van der Waals surface area contributed by atoms with Gasteiger partial charge in [-0.15, -0.1) is 11.3 Å². The van der Waals surface area contributed by atoms with Gasteiger partial charge in [0.05, 0.1) is 28.9 Å². The van der Waals surface area contributed by atoms with Gasteiger partial charge >= 0.3 is 0 Å². The van der Waals surface area contributed by atoms with Gasteiger partial charge in [0, 0.05) is 31.6 Å². The van der Waals surface area contributed by atoms with Crippen LogP contribution in [0, 0.1) is 0 Å². The van der Waals surface area contributed by atoms with Crippen molar-refractivity contribution >= 4 is 43.4 Å². The molecule has 4 aromatic rings. The zero-order valence-corrected chi connectivity index (χ0v) is 20.0. The monoisotopic (exact) mass is 498 g/mol. The molecule has 0 aliphatic carbocycles. The number of methoxy groups -OCH3 is 2. The Hall–Kier alpha value is -2.77. The van der Waals surface area contributed by atoms with Crippen molar-refractivity contribution in [2.75, 3.05) is 21.3 Å². The van der Waals surface area contributed by atoms with Crippen LogP contribution in [0.25, 0.3) is 10.2 Å². The summed E-state index contributed by atoms with van der Waals surface area (Å²) in [5.74, 6) is 1.42. The molecule has 7 heteroatoms. The molecule has 5 nitrogen and oxygen atoms in total. The van der Waals surface area contributed by atoms with Crippen LogP contribution in [0.15, 0.2) is 64.5 Å². The van der Waals surface area contributed by atoms with Gasteiger partial charge < -0.3 is 18.9 Å². The quantitative estimate of drug-likeness (QED) is 0.323. The van der Waals surface area contributed by atoms with E-state index in [9.17, 15) is 4.79 Å². The summed E-state index contributed by atoms with van der Waals surface area (Å²) in [6.07, 6.45) is 0. The van der Waals surface area contributed by atoms with Crippen molar-refractivity contribution in [3.05, 3.63) is 81.3 Å². The molecule has 0 saturated heterocycles. The number of amides is 1. The first-order valence-electron chi connectivity index (χ1n) is 9.77. The lowest BCUT2D eigenvalue weighted by Crippen LogP contribution is -2.28. The van der Waals surface area contributed by atoms with E-state index >= 15 is 0 Å². The highest BCUT2D eigenvalue weighted by molar-refractivity contribution is 9.10. The van der Waals surface area contributed by atoms with Crippen LogP contribution in [0.5, 0.6) is 11.5 Å². The number of halogens is 1. The molecule has 160 valence electrons. The van der Waals surface area contributed by atoms with Gasteiger partial charge in [0.1, 0.15) is 17.2 Å². The average Bonchev–Trinajstić information content (AvgIpc) is 3.33. The second-order valence-electron chi connectivity index (χ2n) is 7.28. The number of hydrogen-bond acceptors (Lipinski definition) is 4. The van der Waals surface area contributed by atoms with Crippen LogP contribution in [0.3, 0.4) is 0 Å². The first-order chi connectivity index (χ1) is 15.0. The van der Waals surface area contributed by atoms with Crippen molar-refractivity contribution in [3.63, 3.8) is 0 Å². The third-order valence-corrected chi connectivity index (χ3v) is 6.98. The number of hydrogen-bond donors (Lipinski definition) is 0. The molecule has 0 aliphatic heterocycles. The molecule has 0 N–H and O–H groups in total. The maximum Gasteiger partial charge on any atom is 0.270 e. The van der Waals surface area contributed by atoms with Gasteiger partial charge in [-0.25, -0.2) is 0 Å². The Labute approximate surface area is 193 Å². The number of carbonyl (C=O) groups is 1. The summed E-state index contributed by atoms with van der Waals surface area (Å²) in [5, 5.41) is 2.05. The van der Waals surface area contributed by atoms with Crippen molar-refractivity contribution in [2.45, 2.75) is 13.1 Å². The topological polar surface area (TPSA) is 43.7 Å². The highest BCUT2D eigenvalue weighted by Gasteiger charge is 2.22. The molecule has 0 aliphatic rings. The zero-order valence-electron chi connectivity index (χ0n) is 17.6. The number of ether oxygens (including phenoxy) is 2. The van der Waals surface area contributed by atoms with Gasteiger partial charge in [0.2, 0.25) is 0 Å². The van der Waals surface area contributed by atoms with Gasteiger partial charge in [-0.05, 0) is 45.3 Å². The third-order valence-electron chi connectivity index (χ3n) is 5.16. The molecule has 4 rings (SSSR count). The molecule has 0 radical (unpaired) electrons. The Bertz CT molecular complexity index is 1190. The minimum absolute atomic E-state index is 0.0194. The smallest absolute Gasteiger partial charge is 0.270 e. The van der Waals surface area contributed by atoms with Crippen LogP contribution in [0.4, 0.5) is 0 Å². The largest absolute Gasteiger partial charge is 0.497 e. The van der Waals surface area contributed by atoms with Crippen molar-refractivity contribution in [1.82, 2.24) is 9.47 Å². The molecule has 2 aromatic carbocycles. The second kappa shape index (κ2) is 9.16. The third kappa shape index (κ3) is 4.48. The van der Waals surface area contributed by atoms with Crippen LogP contribution < -0.4 is 9.47 Å². The summed E-state index contributed by atoms with van der Waals surface area (Å²) in [6.45, 7) is 1.07. The minimum Gasteiger partial charge on any atom is -0.497 e. The number of carbonyl (C=O) groups excluding carboxylic acids is 1. The first-order valence-corrected chi connectivity index (χ1v) is 11.4. The fourth-order valence-corrected chi connectivity index (χ4v) is 5.33. The first kappa shape index (κ1) is 21.5. The second-order valence-corrected chi connectivity index (χ2v) is 9.05. The van der Waals surface area contributed by atoms with E-state index in [-0.39, 0.29) is 5.91 Å². The number of nitrogens with zero attached hydrogens (tertiary/aromatic N) is 2. The number of fused-ring (bicyclic) bond motifs is 1. The highest BCUT2D eigenvalue weighted by atomic mass is 79.9. The molecule has 0 atom stereocenters. The van der Waals surface area contributed by atoms with Gasteiger partial charge in [0.15, 0.2) is 0 Å². The van der Waals surface area contributed by atoms with Gasteiger partial charge in [-0.2, -0.15) is 0 Å². The fourth-order valence-electron chi connectivity index (χ4n) is 3.64. The van der Waals surface area contributed by atoms with Crippen LogP contribution in [0.1, 0.15) is 21.6 Å². The summed E-state index contributed by atoms with van der Waals surface area (Å²) in [7, 11) is 5.11. The van der Waals surface area contributed by atoms with Crippen molar-refractivity contribution in [1.29, 1.82) is 0 Å². The van der Waals surface area contributed by atoms with E-state index in [2.05, 4.69) is 25.9 Å². The van der Waals surface area contributed by atoms with Crippen molar-refractivity contribution in [2.24, 2.45) is 0 Å². The van der Waals surface area contributed by atoms with Crippen molar-refractivity contribution < 1.29 is 14.3 Å². The standard InChI is InChI=1S/C24H23BrN2O3S/c1-26(13-16-7-5-4-6-8-16)24(28)21-12-22-23(20(25)15-31-22)27(21)14-17-9-18(29-2)11-19(10-17)30-3/h4-12,15H,13-14H2,1-3H3. The molecule has 0 bridgehead atoms. The molecule has 31 heavy (non-hydrogen) atoms. The number of aromatic nitrogens is 1. The number of rotatable bonds is 7. The number of thiophene rings is 1. The van der Waals surface area contributed by atoms with Crippen LogP contribution in [-0.2, 0) is 13.1 Å². The molecule has 2 heterocycles. The fraction of sp³-hybridized carbons (Fsp3) is 0.208. The Kier molecular flexibility index (Phi) is 6.34.